The monoisotopic (exact) mass is 251 g/mol. The molecule has 0 fully saturated rings. The number of benzene rings is 2. The topological polar surface area (TPSA) is 26.0 Å². The number of rotatable bonds is 2. The highest BCUT2D eigenvalue weighted by Crippen LogP contribution is 2.25. The highest BCUT2D eigenvalue weighted by molar-refractivity contribution is 5.37. The van der Waals surface area contributed by atoms with E-state index in [0.717, 1.165) is 18.2 Å². The van der Waals surface area contributed by atoms with Crippen molar-refractivity contribution >= 4 is 0 Å². The lowest BCUT2D eigenvalue weighted by atomic mass is 9.95. The van der Waals surface area contributed by atoms with Crippen LogP contribution in [0.25, 0.3) is 0 Å². The van der Waals surface area contributed by atoms with Crippen molar-refractivity contribution in [1.82, 2.24) is 0 Å². The molecule has 0 radical (unpaired) electrons. The lowest BCUT2D eigenvalue weighted by Gasteiger charge is -2.16. The summed E-state index contributed by atoms with van der Waals surface area (Å²) in [4.78, 5) is 0. The van der Waals surface area contributed by atoms with Gasteiger partial charge in [-0.25, -0.2) is 13.2 Å². The Labute approximate surface area is 103 Å². The molecular weight excluding hydrogens is 239 g/mol. The van der Waals surface area contributed by atoms with Gasteiger partial charge in [0.05, 0.1) is 6.04 Å². The van der Waals surface area contributed by atoms with Crippen molar-refractivity contribution in [2.24, 2.45) is 5.73 Å². The molecule has 0 bridgehead atoms. The Morgan fingerprint density at radius 2 is 1.50 bits per heavy atom. The lowest BCUT2D eigenvalue weighted by Crippen LogP contribution is -2.15. The standard InChI is InChI=1S/C14H12F3N/c1-8-6-9(15)2-4-11(8)14(18)12-7-10(16)3-5-13(12)17/h2-7,14H,18H2,1H3. The summed E-state index contributed by atoms with van der Waals surface area (Å²) >= 11 is 0. The molecule has 0 aliphatic rings. The summed E-state index contributed by atoms with van der Waals surface area (Å²) in [5.41, 5.74) is 7.14. The molecule has 94 valence electrons. The predicted molar refractivity (Wildman–Crippen MR) is 63.5 cm³/mol. The maximum absolute atomic E-state index is 13.6. The van der Waals surface area contributed by atoms with E-state index in [4.69, 9.17) is 5.73 Å². The van der Waals surface area contributed by atoms with Crippen LogP contribution in [0.3, 0.4) is 0 Å². The van der Waals surface area contributed by atoms with Gasteiger partial charge in [0, 0.05) is 5.56 Å². The molecule has 1 atom stereocenters. The van der Waals surface area contributed by atoms with E-state index in [1.54, 1.807) is 6.92 Å². The molecule has 18 heavy (non-hydrogen) atoms. The van der Waals surface area contributed by atoms with Crippen molar-refractivity contribution in [1.29, 1.82) is 0 Å². The van der Waals surface area contributed by atoms with Crippen LogP contribution in [0.15, 0.2) is 36.4 Å². The second-order valence-electron chi connectivity index (χ2n) is 4.14. The van der Waals surface area contributed by atoms with E-state index >= 15 is 0 Å². The molecule has 0 heterocycles. The SMILES string of the molecule is Cc1cc(F)ccc1C(N)c1cc(F)ccc1F. The molecule has 1 unspecified atom stereocenters. The molecule has 0 aromatic heterocycles. The van der Waals surface area contributed by atoms with E-state index in [1.165, 1.54) is 18.2 Å². The van der Waals surface area contributed by atoms with Crippen LogP contribution in [0.1, 0.15) is 22.7 Å². The van der Waals surface area contributed by atoms with E-state index in [0.29, 0.717) is 11.1 Å². The quantitative estimate of drug-likeness (QED) is 0.869. The molecule has 1 nitrogen and oxygen atoms in total. The van der Waals surface area contributed by atoms with Crippen molar-refractivity contribution < 1.29 is 13.2 Å². The zero-order valence-corrected chi connectivity index (χ0v) is 9.75. The van der Waals surface area contributed by atoms with Crippen LogP contribution in [0.2, 0.25) is 0 Å². The van der Waals surface area contributed by atoms with Gasteiger partial charge < -0.3 is 5.73 Å². The Morgan fingerprint density at radius 1 is 0.889 bits per heavy atom. The molecular formula is C14H12F3N. The second-order valence-corrected chi connectivity index (χ2v) is 4.14. The molecule has 0 saturated carbocycles. The first-order valence-corrected chi connectivity index (χ1v) is 5.45. The van der Waals surface area contributed by atoms with Gasteiger partial charge in [-0.15, -0.1) is 0 Å². The molecule has 2 aromatic carbocycles. The highest BCUT2D eigenvalue weighted by atomic mass is 19.1. The Morgan fingerprint density at radius 3 is 2.17 bits per heavy atom. The smallest absolute Gasteiger partial charge is 0.128 e. The van der Waals surface area contributed by atoms with Gasteiger partial charge in [-0.1, -0.05) is 6.07 Å². The minimum Gasteiger partial charge on any atom is -0.320 e. The lowest BCUT2D eigenvalue weighted by molar-refractivity contribution is 0.575. The first-order chi connectivity index (χ1) is 8.49. The average molecular weight is 251 g/mol. The van der Waals surface area contributed by atoms with E-state index in [2.05, 4.69) is 0 Å². The van der Waals surface area contributed by atoms with Crippen molar-refractivity contribution in [2.75, 3.05) is 0 Å². The maximum Gasteiger partial charge on any atom is 0.128 e. The molecule has 0 amide bonds. The van der Waals surface area contributed by atoms with Crippen molar-refractivity contribution in [3.8, 4) is 0 Å². The zero-order valence-electron chi connectivity index (χ0n) is 9.75. The summed E-state index contributed by atoms with van der Waals surface area (Å²) in [5.74, 6) is -1.52. The summed E-state index contributed by atoms with van der Waals surface area (Å²) in [6.07, 6.45) is 0. The van der Waals surface area contributed by atoms with Crippen LogP contribution in [-0.2, 0) is 0 Å². The minimum absolute atomic E-state index is 0.0599. The number of hydrogen-bond donors (Lipinski definition) is 1. The van der Waals surface area contributed by atoms with Gasteiger partial charge in [-0.2, -0.15) is 0 Å². The fourth-order valence-electron chi connectivity index (χ4n) is 1.91. The van der Waals surface area contributed by atoms with Crippen molar-refractivity contribution in [3.63, 3.8) is 0 Å². The van der Waals surface area contributed by atoms with Crippen LogP contribution in [0, 0.1) is 24.4 Å². The average Bonchev–Trinajstić information content (AvgIpc) is 2.31. The van der Waals surface area contributed by atoms with Crippen LogP contribution < -0.4 is 5.73 Å². The van der Waals surface area contributed by atoms with E-state index < -0.39 is 17.7 Å². The summed E-state index contributed by atoms with van der Waals surface area (Å²) in [7, 11) is 0. The molecule has 2 rings (SSSR count). The number of aryl methyl sites for hydroxylation is 1. The van der Waals surface area contributed by atoms with Crippen molar-refractivity contribution in [2.45, 2.75) is 13.0 Å². The van der Waals surface area contributed by atoms with E-state index in [9.17, 15) is 13.2 Å². The predicted octanol–water partition coefficient (Wildman–Crippen LogP) is 3.46. The summed E-state index contributed by atoms with van der Waals surface area (Å²) in [6.45, 7) is 1.68. The fourth-order valence-corrected chi connectivity index (χ4v) is 1.91. The van der Waals surface area contributed by atoms with Crippen LogP contribution in [-0.4, -0.2) is 0 Å². The number of hydrogen-bond acceptors (Lipinski definition) is 1. The molecule has 4 heteroatoms. The minimum atomic E-state index is -0.818. The third kappa shape index (κ3) is 2.38. The molecule has 2 N–H and O–H groups in total. The van der Waals surface area contributed by atoms with Gasteiger partial charge in [0.15, 0.2) is 0 Å². The van der Waals surface area contributed by atoms with Crippen LogP contribution in [0.5, 0.6) is 0 Å². The Kier molecular flexibility index (Phi) is 3.39. The molecule has 0 aliphatic carbocycles. The normalized spacial score (nSPS) is 12.5. The van der Waals surface area contributed by atoms with Gasteiger partial charge in [-0.05, 0) is 48.4 Å². The summed E-state index contributed by atoms with van der Waals surface area (Å²) in [5, 5.41) is 0. The van der Waals surface area contributed by atoms with Gasteiger partial charge >= 0.3 is 0 Å². The fraction of sp³-hybridized carbons (Fsp3) is 0.143. The molecule has 0 aliphatic heterocycles. The summed E-state index contributed by atoms with van der Waals surface area (Å²) in [6, 6.07) is 6.35. The Hall–Kier alpha value is -1.81. The number of halogens is 3. The molecule has 0 spiro atoms. The first-order valence-electron chi connectivity index (χ1n) is 5.45. The van der Waals surface area contributed by atoms with Gasteiger partial charge in [0.25, 0.3) is 0 Å². The van der Waals surface area contributed by atoms with Gasteiger partial charge in [-0.3, -0.25) is 0 Å². The van der Waals surface area contributed by atoms with E-state index in [-0.39, 0.29) is 11.4 Å². The highest BCUT2D eigenvalue weighted by Gasteiger charge is 2.16. The first kappa shape index (κ1) is 12.6. The molecule has 0 saturated heterocycles. The third-order valence-corrected chi connectivity index (χ3v) is 2.86. The third-order valence-electron chi connectivity index (χ3n) is 2.86. The van der Waals surface area contributed by atoms with Gasteiger partial charge in [0.2, 0.25) is 0 Å². The van der Waals surface area contributed by atoms with Gasteiger partial charge in [0.1, 0.15) is 17.5 Å². The Balaban J connectivity index is 2.47. The molecule has 2 aromatic rings. The summed E-state index contributed by atoms with van der Waals surface area (Å²) < 4.78 is 39.7. The number of nitrogens with two attached hydrogens (primary N) is 1. The second kappa shape index (κ2) is 4.82. The maximum atomic E-state index is 13.6. The Bertz CT molecular complexity index is 581. The van der Waals surface area contributed by atoms with Crippen LogP contribution >= 0.6 is 0 Å². The zero-order chi connectivity index (χ0) is 13.3. The largest absolute Gasteiger partial charge is 0.320 e. The van der Waals surface area contributed by atoms with Crippen molar-refractivity contribution in [3.05, 3.63) is 70.5 Å². The van der Waals surface area contributed by atoms with Crippen LogP contribution in [0.4, 0.5) is 13.2 Å². The van der Waals surface area contributed by atoms with E-state index in [1.807, 2.05) is 0 Å².